The van der Waals surface area contributed by atoms with Gasteiger partial charge in [-0.05, 0) is 32.4 Å². The third-order valence-electron chi connectivity index (χ3n) is 7.22. The number of anilines is 1. The Balaban J connectivity index is 1.74. The van der Waals surface area contributed by atoms with Gasteiger partial charge in [0, 0.05) is 25.6 Å². The van der Waals surface area contributed by atoms with Crippen molar-refractivity contribution in [1.29, 1.82) is 0 Å². The molecule has 0 bridgehead atoms. The predicted octanol–water partition coefficient (Wildman–Crippen LogP) is 2.22. The molecule has 10 heteroatoms. The maximum Gasteiger partial charge on any atom is 0.233 e. The van der Waals surface area contributed by atoms with Crippen molar-refractivity contribution < 1.29 is 19.2 Å². The van der Waals surface area contributed by atoms with Gasteiger partial charge in [0.25, 0.3) is 0 Å². The summed E-state index contributed by atoms with van der Waals surface area (Å²) >= 11 is 0. The molecular formula is C24H39FN6O3. The van der Waals surface area contributed by atoms with Crippen molar-refractivity contribution in [3.05, 3.63) is 17.3 Å². The number of hydrogen-bond acceptors (Lipinski definition) is 7. The van der Waals surface area contributed by atoms with Gasteiger partial charge >= 0.3 is 0 Å². The highest BCUT2D eigenvalue weighted by Gasteiger charge is 2.34. The first-order valence-corrected chi connectivity index (χ1v) is 12.4. The van der Waals surface area contributed by atoms with Crippen molar-refractivity contribution in [2.24, 2.45) is 17.8 Å². The molecule has 34 heavy (non-hydrogen) atoms. The lowest BCUT2D eigenvalue weighted by Gasteiger charge is -2.24. The van der Waals surface area contributed by atoms with Crippen molar-refractivity contribution in [2.45, 2.75) is 65.0 Å². The van der Waals surface area contributed by atoms with E-state index in [1.165, 1.54) is 0 Å². The predicted molar refractivity (Wildman–Crippen MR) is 127 cm³/mol. The van der Waals surface area contributed by atoms with E-state index in [0.717, 1.165) is 25.7 Å². The molecule has 3 atom stereocenters. The Hall–Kier alpha value is -2.33. The number of aromatic nitrogens is 2. The van der Waals surface area contributed by atoms with Crippen LogP contribution in [0, 0.1) is 23.6 Å². The molecule has 190 valence electrons. The fourth-order valence-electron chi connectivity index (χ4n) is 5.31. The second-order valence-electron chi connectivity index (χ2n) is 10.0. The fourth-order valence-corrected chi connectivity index (χ4v) is 5.31. The zero-order chi connectivity index (χ0) is 24.8. The molecule has 2 fully saturated rings. The normalized spacial score (nSPS) is 21.8. The topological polar surface area (TPSA) is 102 Å². The Bertz CT molecular complexity index is 848. The number of hydrogen-bond donors (Lipinski definition) is 2. The first kappa shape index (κ1) is 26.3. The highest BCUT2D eigenvalue weighted by molar-refractivity contribution is 5.79. The van der Waals surface area contributed by atoms with Gasteiger partial charge < -0.3 is 15.1 Å². The molecule has 2 amide bonds. The molecule has 0 aromatic carbocycles. The number of nitrogens with one attached hydrogen (secondary N) is 1. The number of aryl methyl sites for hydroxylation is 1. The van der Waals surface area contributed by atoms with Crippen LogP contribution in [-0.2, 0) is 22.6 Å². The van der Waals surface area contributed by atoms with Gasteiger partial charge in [0.15, 0.2) is 11.6 Å². The van der Waals surface area contributed by atoms with Crippen LogP contribution in [0.1, 0.15) is 57.5 Å². The summed E-state index contributed by atoms with van der Waals surface area (Å²) in [7, 11) is 4.05. The Morgan fingerprint density at radius 1 is 1.29 bits per heavy atom. The van der Waals surface area contributed by atoms with E-state index in [1.807, 2.05) is 25.9 Å². The quantitative estimate of drug-likeness (QED) is 0.286. The summed E-state index contributed by atoms with van der Waals surface area (Å²) < 4.78 is 15.5. The van der Waals surface area contributed by atoms with E-state index in [1.54, 1.807) is 0 Å². The van der Waals surface area contributed by atoms with Crippen molar-refractivity contribution in [3.63, 3.8) is 0 Å². The molecule has 0 unspecified atom stereocenters. The summed E-state index contributed by atoms with van der Waals surface area (Å²) in [6.45, 7) is 5.30. The van der Waals surface area contributed by atoms with E-state index in [9.17, 15) is 14.8 Å². The van der Waals surface area contributed by atoms with E-state index in [-0.39, 0.29) is 30.5 Å². The number of halogens is 1. The fraction of sp³-hybridized carbons (Fsp3) is 0.750. The van der Waals surface area contributed by atoms with Gasteiger partial charge in [0.05, 0.1) is 19.0 Å². The molecule has 2 heterocycles. The number of carbonyl (C=O) groups excluding carboxylic acids is 2. The molecule has 1 saturated heterocycles. The van der Waals surface area contributed by atoms with Gasteiger partial charge in [-0.15, -0.1) is 0 Å². The highest BCUT2D eigenvalue weighted by Crippen LogP contribution is 2.31. The van der Waals surface area contributed by atoms with Gasteiger partial charge in [-0.2, -0.15) is 0 Å². The van der Waals surface area contributed by atoms with E-state index < -0.39 is 11.7 Å². The van der Waals surface area contributed by atoms with Crippen LogP contribution < -0.4 is 10.2 Å². The number of rotatable bonds is 11. The lowest BCUT2D eigenvalue weighted by molar-refractivity contribution is -0.155. The minimum Gasteiger partial charge on any atom is -0.352 e. The highest BCUT2D eigenvalue weighted by atomic mass is 19.1. The SMILES string of the molecule is CCc1nc(CNC(=O)[C@H](CC2CCCC2)CN(O)C=O)c(F)c(N2C[C@@H](C)[C@@H](N(C)C)C2)n1. The van der Waals surface area contributed by atoms with E-state index in [4.69, 9.17) is 0 Å². The zero-order valence-electron chi connectivity index (χ0n) is 20.8. The molecule has 1 saturated carbocycles. The van der Waals surface area contributed by atoms with Gasteiger partial charge in [-0.3, -0.25) is 14.8 Å². The van der Waals surface area contributed by atoms with Crippen LogP contribution in [0.5, 0.6) is 0 Å². The third-order valence-corrected chi connectivity index (χ3v) is 7.22. The second-order valence-corrected chi connectivity index (χ2v) is 10.0. The average molecular weight is 479 g/mol. The molecule has 1 aliphatic heterocycles. The standard InChI is InChI=1S/C24H39FN6O3/c1-5-21-27-19(22(25)23(28-21)30-12-16(2)20(14-30)29(3)4)11-26-24(33)18(13-31(34)15-32)10-17-8-6-7-9-17/h15-18,20,34H,5-14H2,1-4H3,(H,26,33)/t16-,18-,20+/m1/s1. The smallest absolute Gasteiger partial charge is 0.233 e. The number of likely N-dealkylation sites (N-methyl/N-ethyl adjacent to an activating group) is 1. The van der Waals surface area contributed by atoms with Crippen LogP contribution in [0.15, 0.2) is 0 Å². The summed E-state index contributed by atoms with van der Waals surface area (Å²) in [5.74, 6) is 0.207. The van der Waals surface area contributed by atoms with Crippen LogP contribution in [0.3, 0.4) is 0 Å². The van der Waals surface area contributed by atoms with Gasteiger partial charge in [-0.1, -0.05) is 39.5 Å². The van der Waals surface area contributed by atoms with Crippen molar-refractivity contribution in [3.8, 4) is 0 Å². The second kappa shape index (κ2) is 11.9. The maximum absolute atomic E-state index is 15.5. The summed E-state index contributed by atoms with van der Waals surface area (Å²) in [5, 5.41) is 13.0. The van der Waals surface area contributed by atoms with Gasteiger partial charge in [-0.25, -0.2) is 19.4 Å². The molecule has 1 aliphatic carbocycles. The lowest BCUT2D eigenvalue weighted by Crippen LogP contribution is -2.38. The molecule has 9 nitrogen and oxygen atoms in total. The lowest BCUT2D eigenvalue weighted by atomic mass is 9.92. The first-order valence-electron chi connectivity index (χ1n) is 12.4. The van der Waals surface area contributed by atoms with Crippen LogP contribution in [0.4, 0.5) is 10.2 Å². The average Bonchev–Trinajstić information content (AvgIpc) is 3.47. The number of amides is 2. The van der Waals surface area contributed by atoms with Crippen molar-refractivity contribution >= 4 is 18.1 Å². The number of hydroxylamine groups is 2. The molecule has 1 aromatic heterocycles. The third kappa shape index (κ3) is 6.41. The molecule has 2 aliphatic rings. The van der Waals surface area contributed by atoms with Crippen LogP contribution in [-0.4, -0.2) is 77.2 Å². The minimum atomic E-state index is -0.561. The van der Waals surface area contributed by atoms with Crippen LogP contribution in [0.25, 0.3) is 0 Å². The summed E-state index contributed by atoms with van der Waals surface area (Å²) in [6.07, 6.45) is 5.80. The number of carbonyl (C=O) groups is 2. The molecule has 1 aromatic rings. The van der Waals surface area contributed by atoms with Crippen LogP contribution >= 0.6 is 0 Å². The van der Waals surface area contributed by atoms with E-state index in [2.05, 4.69) is 27.1 Å². The summed E-state index contributed by atoms with van der Waals surface area (Å²) in [4.78, 5) is 36.8. The number of nitrogens with zero attached hydrogens (tertiary/aromatic N) is 5. The Labute approximate surface area is 201 Å². The molecular weight excluding hydrogens is 439 g/mol. The largest absolute Gasteiger partial charge is 0.352 e. The Kier molecular flexibility index (Phi) is 9.18. The van der Waals surface area contributed by atoms with Gasteiger partial charge in [0.2, 0.25) is 12.3 Å². The van der Waals surface area contributed by atoms with Gasteiger partial charge in [0.1, 0.15) is 11.5 Å². The van der Waals surface area contributed by atoms with Crippen molar-refractivity contribution in [1.82, 2.24) is 25.2 Å². The zero-order valence-corrected chi connectivity index (χ0v) is 20.8. The minimum absolute atomic E-state index is 0.0681. The Morgan fingerprint density at radius 3 is 2.59 bits per heavy atom. The van der Waals surface area contributed by atoms with E-state index >= 15 is 4.39 Å². The first-order chi connectivity index (χ1) is 16.2. The molecule has 0 radical (unpaired) electrons. The summed E-state index contributed by atoms with van der Waals surface area (Å²) in [5.41, 5.74) is 0.159. The molecule has 2 N–H and O–H groups in total. The van der Waals surface area contributed by atoms with E-state index in [0.29, 0.717) is 61.1 Å². The molecule has 3 rings (SSSR count). The molecule has 0 spiro atoms. The van der Waals surface area contributed by atoms with Crippen LogP contribution in [0.2, 0.25) is 0 Å². The Morgan fingerprint density at radius 2 is 2.00 bits per heavy atom. The van der Waals surface area contributed by atoms with Crippen molar-refractivity contribution in [2.75, 3.05) is 38.6 Å². The maximum atomic E-state index is 15.5. The summed E-state index contributed by atoms with van der Waals surface area (Å²) in [6, 6.07) is 0.304. The monoisotopic (exact) mass is 478 g/mol.